The van der Waals surface area contributed by atoms with Gasteiger partial charge in [0.1, 0.15) is 0 Å². The maximum absolute atomic E-state index is 12.2. The number of rotatable bonds is 2. The van der Waals surface area contributed by atoms with E-state index >= 15 is 0 Å². The van der Waals surface area contributed by atoms with Crippen LogP contribution in [0.4, 0.5) is 0 Å². The van der Waals surface area contributed by atoms with Crippen LogP contribution in [-0.4, -0.2) is 30.4 Å². The van der Waals surface area contributed by atoms with Gasteiger partial charge in [-0.2, -0.15) is 0 Å². The zero-order chi connectivity index (χ0) is 11.5. The quantitative estimate of drug-likeness (QED) is 0.855. The average Bonchev–Trinajstić information content (AvgIpc) is 2.75. The standard InChI is InChI=1S/C12H18N2OS/c1-9-4-5-11(16-9)12(15)14-6-2-3-10(7-13)8-14/h4-5,10H,2-3,6-8,13H2,1H3/t10-/m1/s1. The minimum atomic E-state index is 0.177. The Labute approximate surface area is 100 Å². The van der Waals surface area contributed by atoms with Crippen molar-refractivity contribution in [1.82, 2.24) is 4.90 Å². The van der Waals surface area contributed by atoms with Gasteiger partial charge in [-0.1, -0.05) is 0 Å². The second kappa shape index (κ2) is 4.97. The summed E-state index contributed by atoms with van der Waals surface area (Å²) >= 11 is 1.58. The normalized spacial score (nSPS) is 21.1. The maximum atomic E-state index is 12.2. The van der Waals surface area contributed by atoms with Crippen molar-refractivity contribution in [2.75, 3.05) is 19.6 Å². The second-order valence-corrected chi connectivity index (χ2v) is 5.69. The van der Waals surface area contributed by atoms with Crippen LogP contribution in [-0.2, 0) is 0 Å². The van der Waals surface area contributed by atoms with Crippen LogP contribution in [0.2, 0.25) is 0 Å². The zero-order valence-electron chi connectivity index (χ0n) is 9.61. The van der Waals surface area contributed by atoms with E-state index in [2.05, 4.69) is 0 Å². The van der Waals surface area contributed by atoms with Gasteiger partial charge < -0.3 is 10.6 Å². The summed E-state index contributed by atoms with van der Waals surface area (Å²) in [6, 6.07) is 3.93. The molecule has 3 nitrogen and oxygen atoms in total. The Morgan fingerprint density at radius 2 is 2.44 bits per heavy atom. The van der Waals surface area contributed by atoms with Crippen molar-refractivity contribution in [1.29, 1.82) is 0 Å². The number of likely N-dealkylation sites (tertiary alicyclic amines) is 1. The highest BCUT2D eigenvalue weighted by atomic mass is 32.1. The molecule has 1 aliphatic heterocycles. The predicted molar refractivity (Wildman–Crippen MR) is 66.7 cm³/mol. The Hall–Kier alpha value is -0.870. The Morgan fingerprint density at radius 1 is 1.62 bits per heavy atom. The molecule has 0 radical (unpaired) electrons. The van der Waals surface area contributed by atoms with Gasteiger partial charge in [0.15, 0.2) is 0 Å². The molecule has 4 heteroatoms. The molecule has 2 rings (SSSR count). The van der Waals surface area contributed by atoms with E-state index in [1.165, 1.54) is 4.88 Å². The average molecular weight is 238 g/mol. The first-order valence-corrected chi connectivity index (χ1v) is 6.58. The van der Waals surface area contributed by atoms with Gasteiger partial charge in [0.2, 0.25) is 0 Å². The van der Waals surface area contributed by atoms with Crippen molar-refractivity contribution >= 4 is 17.2 Å². The first kappa shape index (κ1) is 11.6. The molecule has 1 saturated heterocycles. The van der Waals surface area contributed by atoms with Crippen molar-refractivity contribution in [3.8, 4) is 0 Å². The minimum Gasteiger partial charge on any atom is -0.338 e. The third-order valence-corrected chi connectivity index (χ3v) is 4.08. The predicted octanol–water partition coefficient (Wildman–Crippen LogP) is 1.87. The zero-order valence-corrected chi connectivity index (χ0v) is 10.4. The lowest BCUT2D eigenvalue weighted by Gasteiger charge is -2.31. The van der Waals surface area contributed by atoms with Crippen molar-refractivity contribution in [2.45, 2.75) is 19.8 Å². The second-order valence-electron chi connectivity index (χ2n) is 4.41. The lowest BCUT2D eigenvalue weighted by atomic mass is 9.98. The summed E-state index contributed by atoms with van der Waals surface area (Å²) in [5.74, 6) is 0.662. The molecule has 0 aliphatic carbocycles. The summed E-state index contributed by atoms with van der Waals surface area (Å²) in [5.41, 5.74) is 5.67. The number of thiophene rings is 1. The SMILES string of the molecule is Cc1ccc(C(=O)N2CCC[C@H](CN)C2)s1. The lowest BCUT2D eigenvalue weighted by Crippen LogP contribution is -2.41. The van der Waals surface area contributed by atoms with Crippen molar-refractivity contribution in [2.24, 2.45) is 11.7 Å². The Balaban J connectivity index is 2.04. The minimum absolute atomic E-state index is 0.177. The van der Waals surface area contributed by atoms with Crippen molar-refractivity contribution in [3.63, 3.8) is 0 Å². The molecule has 0 spiro atoms. The summed E-state index contributed by atoms with van der Waals surface area (Å²) in [4.78, 5) is 16.2. The lowest BCUT2D eigenvalue weighted by molar-refractivity contribution is 0.0683. The van der Waals surface area contributed by atoms with Crippen LogP contribution in [0.1, 0.15) is 27.4 Å². The summed E-state index contributed by atoms with van der Waals surface area (Å²) in [6.45, 7) is 4.42. The molecule has 1 amide bonds. The fourth-order valence-electron chi connectivity index (χ4n) is 2.15. The van der Waals surface area contributed by atoms with Crippen LogP contribution in [0.3, 0.4) is 0 Å². The fourth-order valence-corrected chi connectivity index (χ4v) is 2.98. The van der Waals surface area contributed by atoms with Crippen LogP contribution in [0.15, 0.2) is 12.1 Å². The molecular formula is C12H18N2OS. The van der Waals surface area contributed by atoms with E-state index in [-0.39, 0.29) is 5.91 Å². The van der Waals surface area contributed by atoms with E-state index in [0.29, 0.717) is 12.5 Å². The largest absolute Gasteiger partial charge is 0.338 e. The van der Waals surface area contributed by atoms with E-state index < -0.39 is 0 Å². The van der Waals surface area contributed by atoms with Gasteiger partial charge >= 0.3 is 0 Å². The highest BCUT2D eigenvalue weighted by Gasteiger charge is 2.24. The van der Waals surface area contributed by atoms with E-state index in [1.807, 2.05) is 24.0 Å². The number of carbonyl (C=O) groups is 1. The molecule has 1 fully saturated rings. The number of carbonyl (C=O) groups excluding carboxylic acids is 1. The van der Waals surface area contributed by atoms with E-state index in [4.69, 9.17) is 5.73 Å². The van der Waals surface area contributed by atoms with Crippen LogP contribution >= 0.6 is 11.3 Å². The maximum Gasteiger partial charge on any atom is 0.263 e. The van der Waals surface area contributed by atoms with Gasteiger partial charge in [-0.3, -0.25) is 4.79 Å². The smallest absolute Gasteiger partial charge is 0.263 e. The van der Waals surface area contributed by atoms with E-state index in [9.17, 15) is 4.79 Å². The molecule has 0 saturated carbocycles. The first-order valence-electron chi connectivity index (χ1n) is 5.76. The molecule has 1 aromatic rings. The van der Waals surface area contributed by atoms with Crippen molar-refractivity contribution < 1.29 is 4.79 Å². The Kier molecular flexibility index (Phi) is 3.61. The number of hydrogen-bond acceptors (Lipinski definition) is 3. The summed E-state index contributed by atoms with van der Waals surface area (Å²) in [6.07, 6.45) is 2.24. The van der Waals surface area contributed by atoms with Gasteiger partial charge in [-0.25, -0.2) is 0 Å². The molecule has 2 N–H and O–H groups in total. The molecular weight excluding hydrogens is 220 g/mol. The molecule has 0 aromatic carbocycles. The van der Waals surface area contributed by atoms with Crippen LogP contribution in [0.25, 0.3) is 0 Å². The van der Waals surface area contributed by atoms with E-state index in [0.717, 1.165) is 30.8 Å². The Bertz CT molecular complexity index is 375. The molecule has 0 unspecified atom stereocenters. The number of amides is 1. The van der Waals surface area contributed by atoms with Gasteiger partial charge in [0, 0.05) is 18.0 Å². The van der Waals surface area contributed by atoms with Crippen LogP contribution in [0, 0.1) is 12.8 Å². The van der Waals surface area contributed by atoms with Gasteiger partial charge in [-0.15, -0.1) is 11.3 Å². The first-order chi connectivity index (χ1) is 7.70. The van der Waals surface area contributed by atoms with Gasteiger partial charge in [0.05, 0.1) is 4.88 Å². The van der Waals surface area contributed by atoms with Crippen LogP contribution in [0.5, 0.6) is 0 Å². The molecule has 2 heterocycles. The van der Waals surface area contributed by atoms with Crippen molar-refractivity contribution in [3.05, 3.63) is 21.9 Å². The number of nitrogens with zero attached hydrogens (tertiary/aromatic N) is 1. The summed E-state index contributed by atoms with van der Waals surface area (Å²) in [7, 11) is 0. The highest BCUT2D eigenvalue weighted by Crippen LogP contribution is 2.21. The molecule has 1 aromatic heterocycles. The highest BCUT2D eigenvalue weighted by molar-refractivity contribution is 7.13. The number of aryl methyl sites for hydroxylation is 1. The van der Waals surface area contributed by atoms with E-state index in [1.54, 1.807) is 11.3 Å². The van der Waals surface area contributed by atoms with Gasteiger partial charge in [0.25, 0.3) is 5.91 Å². The number of hydrogen-bond donors (Lipinski definition) is 1. The monoisotopic (exact) mass is 238 g/mol. The molecule has 1 atom stereocenters. The number of piperidine rings is 1. The molecule has 16 heavy (non-hydrogen) atoms. The fraction of sp³-hybridized carbons (Fsp3) is 0.583. The number of nitrogens with two attached hydrogens (primary N) is 1. The summed E-state index contributed by atoms with van der Waals surface area (Å²) < 4.78 is 0. The topological polar surface area (TPSA) is 46.3 Å². The molecule has 88 valence electrons. The molecule has 1 aliphatic rings. The Morgan fingerprint density at radius 3 is 3.06 bits per heavy atom. The third kappa shape index (κ3) is 2.44. The summed E-state index contributed by atoms with van der Waals surface area (Å²) in [5, 5.41) is 0. The third-order valence-electron chi connectivity index (χ3n) is 3.09. The van der Waals surface area contributed by atoms with Gasteiger partial charge in [-0.05, 0) is 44.4 Å². The molecule has 0 bridgehead atoms. The van der Waals surface area contributed by atoms with Crippen LogP contribution < -0.4 is 5.73 Å².